The van der Waals surface area contributed by atoms with Crippen molar-refractivity contribution in [1.82, 2.24) is 4.98 Å². The number of hydrogen-bond donors (Lipinski definition) is 0. The predicted molar refractivity (Wildman–Crippen MR) is 63.4 cm³/mol. The predicted octanol–water partition coefficient (Wildman–Crippen LogP) is 4.43. The Morgan fingerprint density at radius 2 is 2.06 bits per heavy atom. The second kappa shape index (κ2) is 4.80. The summed E-state index contributed by atoms with van der Waals surface area (Å²) < 4.78 is 19.3. The molecule has 0 fully saturated rings. The third-order valence-electron chi connectivity index (χ3n) is 1.81. The standard InChI is InChI=1S/C11H6BrClFNO/c12-7-1-4-11(15-6-7)16-8-2-3-9(13)10(14)5-8/h1-6H. The third kappa shape index (κ3) is 2.71. The molecule has 0 aliphatic heterocycles. The molecule has 2 aromatic rings. The minimum Gasteiger partial charge on any atom is -0.439 e. The maximum atomic E-state index is 13.1. The van der Waals surface area contributed by atoms with Crippen molar-refractivity contribution in [3.8, 4) is 11.6 Å². The van der Waals surface area contributed by atoms with Crippen LogP contribution in [0.2, 0.25) is 5.02 Å². The van der Waals surface area contributed by atoms with E-state index >= 15 is 0 Å². The van der Waals surface area contributed by atoms with E-state index in [2.05, 4.69) is 20.9 Å². The summed E-state index contributed by atoms with van der Waals surface area (Å²) in [5.41, 5.74) is 0. The van der Waals surface area contributed by atoms with Crippen LogP contribution in [0.15, 0.2) is 41.0 Å². The molecule has 82 valence electrons. The van der Waals surface area contributed by atoms with Crippen LogP contribution in [0.1, 0.15) is 0 Å². The average Bonchev–Trinajstić information content (AvgIpc) is 2.27. The van der Waals surface area contributed by atoms with Crippen LogP contribution in [-0.2, 0) is 0 Å². The SMILES string of the molecule is Fc1cc(Oc2ccc(Br)cn2)ccc1Cl. The third-order valence-corrected chi connectivity index (χ3v) is 2.59. The zero-order chi connectivity index (χ0) is 11.5. The molecule has 0 unspecified atom stereocenters. The smallest absolute Gasteiger partial charge is 0.219 e. The summed E-state index contributed by atoms with van der Waals surface area (Å²) in [5.74, 6) is 0.234. The minimum atomic E-state index is -0.517. The second-order valence-electron chi connectivity index (χ2n) is 2.99. The normalized spacial score (nSPS) is 10.2. The van der Waals surface area contributed by atoms with Gasteiger partial charge in [-0.1, -0.05) is 11.6 Å². The molecular formula is C11H6BrClFNO. The molecule has 0 aliphatic carbocycles. The number of aromatic nitrogens is 1. The van der Waals surface area contributed by atoms with Crippen molar-refractivity contribution >= 4 is 27.5 Å². The summed E-state index contributed by atoms with van der Waals surface area (Å²) in [5, 5.41) is 0.0658. The van der Waals surface area contributed by atoms with Crippen molar-refractivity contribution in [2.24, 2.45) is 0 Å². The first-order chi connectivity index (χ1) is 7.65. The van der Waals surface area contributed by atoms with Crippen molar-refractivity contribution in [1.29, 1.82) is 0 Å². The second-order valence-corrected chi connectivity index (χ2v) is 4.32. The number of halogens is 3. The van der Waals surface area contributed by atoms with E-state index in [0.717, 1.165) is 4.47 Å². The highest BCUT2D eigenvalue weighted by Crippen LogP contribution is 2.24. The van der Waals surface area contributed by atoms with E-state index in [9.17, 15) is 4.39 Å². The van der Waals surface area contributed by atoms with Gasteiger partial charge in [-0.15, -0.1) is 0 Å². The van der Waals surface area contributed by atoms with Gasteiger partial charge >= 0.3 is 0 Å². The molecule has 0 amide bonds. The summed E-state index contributed by atoms with van der Waals surface area (Å²) in [6.45, 7) is 0. The quantitative estimate of drug-likeness (QED) is 0.819. The van der Waals surface area contributed by atoms with Gasteiger partial charge in [-0.05, 0) is 34.1 Å². The Labute approximate surface area is 105 Å². The van der Waals surface area contributed by atoms with Gasteiger partial charge in [-0.2, -0.15) is 0 Å². The van der Waals surface area contributed by atoms with Crippen LogP contribution in [0.5, 0.6) is 11.6 Å². The first-order valence-electron chi connectivity index (χ1n) is 4.39. The fourth-order valence-corrected chi connectivity index (χ4v) is 1.44. The maximum absolute atomic E-state index is 13.1. The number of benzene rings is 1. The van der Waals surface area contributed by atoms with Crippen LogP contribution in [-0.4, -0.2) is 4.98 Å². The van der Waals surface area contributed by atoms with Crippen LogP contribution in [0.3, 0.4) is 0 Å². The van der Waals surface area contributed by atoms with Gasteiger partial charge in [-0.25, -0.2) is 9.37 Å². The van der Waals surface area contributed by atoms with Crippen LogP contribution in [0, 0.1) is 5.82 Å². The van der Waals surface area contributed by atoms with Gasteiger partial charge in [0, 0.05) is 22.8 Å². The molecule has 2 nitrogen and oxygen atoms in total. The molecule has 0 N–H and O–H groups in total. The average molecular weight is 303 g/mol. The molecule has 1 aromatic carbocycles. The van der Waals surface area contributed by atoms with Gasteiger partial charge in [0.15, 0.2) is 0 Å². The summed E-state index contributed by atoms with van der Waals surface area (Å²) in [6, 6.07) is 7.69. The van der Waals surface area contributed by atoms with E-state index in [-0.39, 0.29) is 5.02 Å². The largest absolute Gasteiger partial charge is 0.439 e. The highest BCUT2D eigenvalue weighted by Gasteiger charge is 2.03. The highest BCUT2D eigenvalue weighted by molar-refractivity contribution is 9.10. The fraction of sp³-hybridized carbons (Fsp3) is 0. The molecule has 0 saturated carbocycles. The lowest BCUT2D eigenvalue weighted by atomic mass is 10.3. The lowest BCUT2D eigenvalue weighted by Crippen LogP contribution is -1.88. The van der Waals surface area contributed by atoms with Crippen molar-refractivity contribution in [2.75, 3.05) is 0 Å². The summed E-state index contributed by atoms with van der Waals surface area (Å²) in [4.78, 5) is 4.00. The van der Waals surface area contributed by atoms with Crippen LogP contribution >= 0.6 is 27.5 Å². The van der Waals surface area contributed by atoms with Crippen molar-refractivity contribution in [2.45, 2.75) is 0 Å². The van der Waals surface area contributed by atoms with E-state index in [0.29, 0.717) is 11.6 Å². The Bertz CT molecular complexity index is 504. The Morgan fingerprint density at radius 1 is 1.25 bits per heavy atom. The molecule has 2 rings (SSSR count). The van der Waals surface area contributed by atoms with Gasteiger partial charge in [0.05, 0.1) is 5.02 Å². The van der Waals surface area contributed by atoms with Crippen molar-refractivity contribution < 1.29 is 9.13 Å². The molecule has 0 bridgehead atoms. The van der Waals surface area contributed by atoms with E-state index in [4.69, 9.17) is 16.3 Å². The minimum absolute atomic E-state index is 0.0658. The molecule has 1 heterocycles. The van der Waals surface area contributed by atoms with Gasteiger partial charge in [0.1, 0.15) is 11.6 Å². The van der Waals surface area contributed by atoms with Crippen LogP contribution in [0.4, 0.5) is 4.39 Å². The Kier molecular flexibility index (Phi) is 3.41. The molecule has 1 aromatic heterocycles. The summed E-state index contributed by atoms with van der Waals surface area (Å²) >= 11 is 8.81. The molecule has 0 spiro atoms. The molecule has 5 heteroatoms. The number of pyridine rings is 1. The molecule has 16 heavy (non-hydrogen) atoms. The molecule has 0 atom stereocenters. The molecule has 0 saturated heterocycles. The molecule has 0 radical (unpaired) electrons. The van der Waals surface area contributed by atoms with Crippen LogP contribution < -0.4 is 4.74 Å². The summed E-state index contributed by atoms with van der Waals surface area (Å²) in [6.07, 6.45) is 1.60. The van der Waals surface area contributed by atoms with Gasteiger partial charge in [0.2, 0.25) is 5.88 Å². The first-order valence-corrected chi connectivity index (χ1v) is 5.57. The number of nitrogens with zero attached hydrogens (tertiary/aromatic N) is 1. The van der Waals surface area contributed by atoms with Gasteiger partial charge in [0.25, 0.3) is 0 Å². The topological polar surface area (TPSA) is 22.1 Å². The lowest BCUT2D eigenvalue weighted by molar-refractivity contribution is 0.458. The first kappa shape index (κ1) is 11.4. The Hall–Kier alpha value is -1.13. The van der Waals surface area contributed by atoms with Crippen LogP contribution in [0.25, 0.3) is 0 Å². The van der Waals surface area contributed by atoms with E-state index in [1.165, 1.54) is 12.1 Å². The van der Waals surface area contributed by atoms with Gasteiger partial charge in [-0.3, -0.25) is 0 Å². The maximum Gasteiger partial charge on any atom is 0.219 e. The van der Waals surface area contributed by atoms with E-state index in [1.54, 1.807) is 24.4 Å². The number of rotatable bonds is 2. The zero-order valence-electron chi connectivity index (χ0n) is 7.95. The Morgan fingerprint density at radius 3 is 2.69 bits per heavy atom. The number of ether oxygens (including phenoxy) is 1. The van der Waals surface area contributed by atoms with Crippen molar-refractivity contribution in [3.63, 3.8) is 0 Å². The summed E-state index contributed by atoms with van der Waals surface area (Å²) in [7, 11) is 0. The Balaban J connectivity index is 2.20. The van der Waals surface area contributed by atoms with E-state index < -0.39 is 5.82 Å². The monoisotopic (exact) mass is 301 g/mol. The van der Waals surface area contributed by atoms with Crippen molar-refractivity contribution in [3.05, 3.63) is 51.8 Å². The number of hydrogen-bond acceptors (Lipinski definition) is 2. The fourth-order valence-electron chi connectivity index (χ4n) is 1.08. The lowest BCUT2D eigenvalue weighted by Gasteiger charge is -2.04. The van der Waals surface area contributed by atoms with E-state index in [1.807, 2.05) is 0 Å². The molecule has 0 aliphatic rings. The highest BCUT2D eigenvalue weighted by atomic mass is 79.9. The zero-order valence-corrected chi connectivity index (χ0v) is 10.3. The van der Waals surface area contributed by atoms with Gasteiger partial charge < -0.3 is 4.74 Å². The molecular weight excluding hydrogens is 296 g/mol.